The van der Waals surface area contributed by atoms with Crippen molar-refractivity contribution in [2.24, 2.45) is 11.1 Å². The van der Waals surface area contributed by atoms with Gasteiger partial charge in [-0.3, -0.25) is 4.68 Å². The van der Waals surface area contributed by atoms with E-state index >= 15 is 0 Å². The molecule has 1 saturated carbocycles. The molecule has 0 bridgehead atoms. The van der Waals surface area contributed by atoms with Crippen LogP contribution in [0.3, 0.4) is 0 Å². The summed E-state index contributed by atoms with van der Waals surface area (Å²) in [5.74, 6) is 0. The van der Waals surface area contributed by atoms with Crippen molar-refractivity contribution in [2.75, 3.05) is 13.1 Å². The second kappa shape index (κ2) is 4.40. The minimum Gasteiger partial charge on any atom is -0.329 e. The summed E-state index contributed by atoms with van der Waals surface area (Å²) in [6.07, 6.45) is 5.03. The first-order valence-corrected chi connectivity index (χ1v) is 7.16. The van der Waals surface area contributed by atoms with Gasteiger partial charge in [0.05, 0.1) is 12.7 Å². The number of nitrogens with two attached hydrogens (primary N) is 1. The zero-order valence-electron chi connectivity index (χ0n) is 9.89. The summed E-state index contributed by atoms with van der Waals surface area (Å²) in [5, 5.41) is 3.95. The summed E-state index contributed by atoms with van der Waals surface area (Å²) in [7, 11) is -3.43. The zero-order valence-corrected chi connectivity index (χ0v) is 10.7. The minimum absolute atomic E-state index is 0.153. The molecule has 2 rings (SSSR count). The number of hydrogen-bond acceptors (Lipinski definition) is 4. The molecule has 0 amide bonds. The second-order valence-electron chi connectivity index (χ2n) is 4.86. The molecule has 0 aliphatic heterocycles. The number of rotatable bonds is 6. The molecule has 0 unspecified atom stereocenters. The fraction of sp³-hybridized carbons (Fsp3) is 0.700. The first-order chi connectivity index (χ1) is 7.95. The summed E-state index contributed by atoms with van der Waals surface area (Å²) < 4.78 is 28.0. The van der Waals surface area contributed by atoms with Crippen LogP contribution in [-0.4, -0.2) is 31.3 Å². The SMILES string of the molecule is CC1(CNS(=O)(=O)c2cnn(CCN)c2)CC1. The molecule has 1 heterocycles. The summed E-state index contributed by atoms with van der Waals surface area (Å²) in [6, 6.07) is 0. The highest BCUT2D eigenvalue weighted by Crippen LogP contribution is 2.44. The van der Waals surface area contributed by atoms with E-state index in [0.29, 0.717) is 19.6 Å². The van der Waals surface area contributed by atoms with Crippen molar-refractivity contribution in [2.45, 2.75) is 31.2 Å². The minimum atomic E-state index is -3.43. The lowest BCUT2D eigenvalue weighted by Crippen LogP contribution is -2.28. The Morgan fingerprint density at radius 1 is 1.59 bits per heavy atom. The van der Waals surface area contributed by atoms with Crippen molar-refractivity contribution in [3.05, 3.63) is 12.4 Å². The molecule has 1 aromatic heterocycles. The quantitative estimate of drug-likeness (QED) is 0.747. The van der Waals surface area contributed by atoms with Gasteiger partial charge in [-0.2, -0.15) is 5.10 Å². The molecule has 0 aromatic carbocycles. The third-order valence-corrected chi connectivity index (χ3v) is 4.43. The summed E-state index contributed by atoms with van der Waals surface area (Å²) in [4.78, 5) is 0.204. The molecule has 0 atom stereocenters. The van der Waals surface area contributed by atoms with Crippen LogP contribution in [0, 0.1) is 5.41 Å². The van der Waals surface area contributed by atoms with Gasteiger partial charge in [-0.05, 0) is 18.3 Å². The lowest BCUT2D eigenvalue weighted by atomic mass is 10.2. The number of nitrogens with zero attached hydrogens (tertiary/aromatic N) is 2. The summed E-state index contributed by atoms with van der Waals surface area (Å²) >= 11 is 0. The zero-order chi connectivity index (χ0) is 12.5. The first kappa shape index (κ1) is 12.5. The Bertz CT molecular complexity index is 490. The monoisotopic (exact) mass is 258 g/mol. The van der Waals surface area contributed by atoms with Crippen molar-refractivity contribution in [1.82, 2.24) is 14.5 Å². The van der Waals surface area contributed by atoms with Gasteiger partial charge in [-0.1, -0.05) is 6.92 Å². The van der Waals surface area contributed by atoms with Gasteiger partial charge in [0.1, 0.15) is 4.90 Å². The van der Waals surface area contributed by atoms with Crippen molar-refractivity contribution in [3.63, 3.8) is 0 Å². The normalized spacial score (nSPS) is 18.2. The van der Waals surface area contributed by atoms with Gasteiger partial charge in [-0.15, -0.1) is 0 Å². The maximum atomic E-state index is 11.9. The highest BCUT2D eigenvalue weighted by molar-refractivity contribution is 7.89. The average molecular weight is 258 g/mol. The van der Waals surface area contributed by atoms with Crippen LogP contribution < -0.4 is 10.5 Å². The number of aromatic nitrogens is 2. The predicted octanol–water partition coefficient (Wildman–Crippen LogP) is -0.0798. The molecule has 96 valence electrons. The van der Waals surface area contributed by atoms with E-state index in [-0.39, 0.29) is 10.3 Å². The van der Waals surface area contributed by atoms with Crippen molar-refractivity contribution >= 4 is 10.0 Å². The number of nitrogens with one attached hydrogen (secondary N) is 1. The van der Waals surface area contributed by atoms with Crippen LogP contribution >= 0.6 is 0 Å². The topological polar surface area (TPSA) is 90.0 Å². The van der Waals surface area contributed by atoms with Crippen molar-refractivity contribution in [3.8, 4) is 0 Å². The van der Waals surface area contributed by atoms with E-state index in [9.17, 15) is 8.42 Å². The molecule has 0 radical (unpaired) electrons. The van der Waals surface area contributed by atoms with Gasteiger partial charge < -0.3 is 5.73 Å². The van der Waals surface area contributed by atoms with Crippen LogP contribution in [-0.2, 0) is 16.6 Å². The van der Waals surface area contributed by atoms with Crippen molar-refractivity contribution < 1.29 is 8.42 Å². The molecule has 6 nitrogen and oxygen atoms in total. The van der Waals surface area contributed by atoms with Crippen LogP contribution in [0.25, 0.3) is 0 Å². The average Bonchev–Trinajstić information content (AvgIpc) is 2.81. The third-order valence-electron chi connectivity index (χ3n) is 3.07. The maximum absolute atomic E-state index is 11.9. The van der Waals surface area contributed by atoms with Crippen LogP contribution in [0.2, 0.25) is 0 Å². The highest BCUT2D eigenvalue weighted by atomic mass is 32.2. The Hall–Kier alpha value is -0.920. The predicted molar refractivity (Wildman–Crippen MR) is 63.8 cm³/mol. The van der Waals surface area contributed by atoms with Gasteiger partial charge in [0, 0.05) is 19.3 Å². The molecule has 3 N–H and O–H groups in total. The molecule has 1 aliphatic carbocycles. The third kappa shape index (κ3) is 3.05. The van der Waals surface area contributed by atoms with Gasteiger partial charge in [0.25, 0.3) is 0 Å². The highest BCUT2D eigenvalue weighted by Gasteiger charge is 2.38. The van der Waals surface area contributed by atoms with Crippen LogP contribution in [0.5, 0.6) is 0 Å². The molecular weight excluding hydrogens is 240 g/mol. The summed E-state index contributed by atoms with van der Waals surface area (Å²) in [6.45, 7) is 3.53. The fourth-order valence-corrected chi connectivity index (χ4v) is 2.63. The smallest absolute Gasteiger partial charge is 0.243 e. The fourth-order valence-electron chi connectivity index (χ4n) is 1.48. The Balaban J connectivity index is 2.02. The largest absolute Gasteiger partial charge is 0.329 e. The van der Waals surface area contributed by atoms with E-state index in [4.69, 9.17) is 5.73 Å². The lowest BCUT2D eigenvalue weighted by Gasteiger charge is -2.09. The summed E-state index contributed by atoms with van der Waals surface area (Å²) in [5.41, 5.74) is 5.53. The van der Waals surface area contributed by atoms with Gasteiger partial charge in [-0.25, -0.2) is 13.1 Å². The van der Waals surface area contributed by atoms with Crippen molar-refractivity contribution in [1.29, 1.82) is 0 Å². The number of hydrogen-bond donors (Lipinski definition) is 2. The molecule has 7 heteroatoms. The Kier molecular flexibility index (Phi) is 3.24. The van der Waals surface area contributed by atoms with E-state index < -0.39 is 10.0 Å². The molecule has 1 aromatic rings. The Morgan fingerprint density at radius 2 is 2.29 bits per heavy atom. The standard InChI is InChI=1S/C10H18N4O2S/c1-10(2-3-10)8-13-17(15,16)9-6-12-14(7-9)5-4-11/h6-7,13H,2-5,8,11H2,1H3. The van der Waals surface area contributed by atoms with E-state index in [0.717, 1.165) is 12.8 Å². The van der Waals surface area contributed by atoms with E-state index in [1.54, 1.807) is 0 Å². The Morgan fingerprint density at radius 3 is 2.88 bits per heavy atom. The molecule has 0 spiro atoms. The Labute approximate surface area is 101 Å². The van der Waals surface area contributed by atoms with E-state index in [1.165, 1.54) is 17.1 Å². The molecule has 1 fully saturated rings. The first-order valence-electron chi connectivity index (χ1n) is 5.67. The van der Waals surface area contributed by atoms with E-state index in [1.807, 2.05) is 0 Å². The molecule has 17 heavy (non-hydrogen) atoms. The van der Waals surface area contributed by atoms with Gasteiger partial charge >= 0.3 is 0 Å². The molecule has 0 saturated heterocycles. The maximum Gasteiger partial charge on any atom is 0.243 e. The van der Waals surface area contributed by atoms with Gasteiger partial charge in [0.15, 0.2) is 0 Å². The lowest BCUT2D eigenvalue weighted by molar-refractivity contribution is 0.530. The molecule has 1 aliphatic rings. The second-order valence-corrected chi connectivity index (χ2v) is 6.63. The van der Waals surface area contributed by atoms with Crippen LogP contribution in [0.1, 0.15) is 19.8 Å². The van der Waals surface area contributed by atoms with Gasteiger partial charge in [0.2, 0.25) is 10.0 Å². The van der Waals surface area contributed by atoms with Crippen LogP contribution in [0.4, 0.5) is 0 Å². The van der Waals surface area contributed by atoms with Crippen LogP contribution in [0.15, 0.2) is 17.3 Å². The van der Waals surface area contributed by atoms with E-state index in [2.05, 4.69) is 16.7 Å². The molecular formula is C10H18N4O2S. The number of sulfonamides is 1.